The second-order valence-corrected chi connectivity index (χ2v) is 3.90. The zero-order chi connectivity index (χ0) is 10.3. The van der Waals surface area contributed by atoms with E-state index < -0.39 is 0 Å². The molecule has 0 bridgehead atoms. The van der Waals surface area contributed by atoms with Gasteiger partial charge in [-0.05, 0) is 12.1 Å². The van der Waals surface area contributed by atoms with Gasteiger partial charge in [0.05, 0.1) is 12.0 Å². The van der Waals surface area contributed by atoms with Crippen LogP contribution in [-0.2, 0) is 13.0 Å². The molecule has 0 radical (unpaired) electrons. The molecule has 2 aromatic rings. The molecule has 2 aromatic heterocycles. The molecule has 1 unspecified atom stereocenters. The molecule has 15 heavy (non-hydrogen) atoms. The predicted octanol–water partition coefficient (Wildman–Crippen LogP) is 0.829. The number of nitrogens with zero attached hydrogens (tertiary/aromatic N) is 3. The van der Waals surface area contributed by atoms with Gasteiger partial charge in [-0.1, -0.05) is 0 Å². The van der Waals surface area contributed by atoms with Gasteiger partial charge in [-0.2, -0.15) is 0 Å². The molecule has 0 fully saturated rings. The van der Waals surface area contributed by atoms with Crippen LogP contribution >= 0.6 is 0 Å². The fraction of sp³-hybridized carbons (Fsp3) is 0.273. The molecule has 0 saturated carbocycles. The van der Waals surface area contributed by atoms with Crippen molar-refractivity contribution in [1.82, 2.24) is 14.5 Å². The molecule has 0 amide bonds. The van der Waals surface area contributed by atoms with Crippen LogP contribution in [0.1, 0.15) is 5.69 Å². The van der Waals surface area contributed by atoms with Gasteiger partial charge < -0.3 is 10.3 Å². The standard InChI is InChI=1S/C11H12N4/c12-9-4-10-11(14-7-15(10)6-9)8-2-1-3-13-5-8/h1-3,5,7,9H,4,6,12H2. The Kier molecular flexibility index (Phi) is 1.82. The van der Waals surface area contributed by atoms with Crippen LogP contribution in [0, 0.1) is 0 Å². The summed E-state index contributed by atoms with van der Waals surface area (Å²) in [5.74, 6) is 0. The van der Waals surface area contributed by atoms with Gasteiger partial charge >= 0.3 is 0 Å². The molecular weight excluding hydrogens is 188 g/mol. The SMILES string of the molecule is NC1Cc2c(-c3cccnc3)ncn2C1. The van der Waals surface area contributed by atoms with Crippen molar-refractivity contribution in [2.24, 2.45) is 5.73 Å². The number of hydrogen-bond acceptors (Lipinski definition) is 3. The summed E-state index contributed by atoms with van der Waals surface area (Å²) in [6.07, 6.45) is 6.38. The van der Waals surface area contributed by atoms with Crippen LogP contribution in [0.25, 0.3) is 11.3 Å². The smallest absolute Gasteiger partial charge is 0.0956 e. The summed E-state index contributed by atoms with van der Waals surface area (Å²) in [6.45, 7) is 0.878. The maximum Gasteiger partial charge on any atom is 0.0956 e. The number of fused-ring (bicyclic) bond motifs is 1. The molecular formula is C11H12N4. The lowest BCUT2D eigenvalue weighted by Crippen LogP contribution is -2.20. The van der Waals surface area contributed by atoms with Crippen molar-refractivity contribution in [1.29, 1.82) is 0 Å². The van der Waals surface area contributed by atoms with Crippen molar-refractivity contribution in [3.63, 3.8) is 0 Å². The molecule has 0 aromatic carbocycles. The molecule has 76 valence electrons. The third-order valence-electron chi connectivity index (χ3n) is 2.77. The van der Waals surface area contributed by atoms with E-state index in [9.17, 15) is 0 Å². The molecule has 4 heteroatoms. The molecule has 1 atom stereocenters. The molecule has 3 heterocycles. The van der Waals surface area contributed by atoms with Gasteiger partial charge in [-0.25, -0.2) is 4.98 Å². The van der Waals surface area contributed by atoms with Crippen molar-refractivity contribution < 1.29 is 0 Å². The van der Waals surface area contributed by atoms with Gasteiger partial charge in [0.25, 0.3) is 0 Å². The van der Waals surface area contributed by atoms with Crippen LogP contribution in [0.2, 0.25) is 0 Å². The minimum Gasteiger partial charge on any atom is -0.332 e. The van der Waals surface area contributed by atoms with E-state index in [2.05, 4.69) is 14.5 Å². The lowest BCUT2D eigenvalue weighted by Gasteiger charge is -1.99. The maximum atomic E-state index is 5.91. The molecule has 1 aliphatic rings. The van der Waals surface area contributed by atoms with Gasteiger partial charge in [0.15, 0.2) is 0 Å². The average Bonchev–Trinajstić information content (AvgIpc) is 2.77. The third kappa shape index (κ3) is 1.34. The van der Waals surface area contributed by atoms with Crippen molar-refractivity contribution >= 4 is 0 Å². The molecule has 3 rings (SSSR count). The van der Waals surface area contributed by atoms with Gasteiger partial charge in [-0.15, -0.1) is 0 Å². The van der Waals surface area contributed by atoms with E-state index in [0.29, 0.717) is 0 Å². The first-order chi connectivity index (χ1) is 7.34. The third-order valence-corrected chi connectivity index (χ3v) is 2.77. The normalized spacial score (nSPS) is 19.1. The highest BCUT2D eigenvalue weighted by Gasteiger charge is 2.22. The second kappa shape index (κ2) is 3.17. The number of pyridine rings is 1. The van der Waals surface area contributed by atoms with Crippen LogP contribution in [0.4, 0.5) is 0 Å². The first kappa shape index (κ1) is 8.61. The van der Waals surface area contributed by atoms with Gasteiger partial charge in [0, 0.05) is 42.7 Å². The van der Waals surface area contributed by atoms with E-state index in [4.69, 9.17) is 5.73 Å². The molecule has 1 aliphatic heterocycles. The Labute approximate surface area is 87.8 Å². The second-order valence-electron chi connectivity index (χ2n) is 3.90. The highest BCUT2D eigenvalue weighted by Crippen LogP contribution is 2.25. The molecule has 0 aliphatic carbocycles. The maximum absolute atomic E-state index is 5.91. The van der Waals surface area contributed by atoms with Crippen molar-refractivity contribution in [2.45, 2.75) is 19.0 Å². The number of nitrogens with two attached hydrogens (primary N) is 1. The Morgan fingerprint density at radius 3 is 3.20 bits per heavy atom. The van der Waals surface area contributed by atoms with E-state index in [1.165, 1.54) is 5.69 Å². The Bertz CT molecular complexity index is 475. The van der Waals surface area contributed by atoms with E-state index in [1.54, 1.807) is 6.20 Å². The van der Waals surface area contributed by atoms with Crippen molar-refractivity contribution in [3.05, 3.63) is 36.5 Å². The number of imidazole rings is 1. The average molecular weight is 200 g/mol. The molecule has 4 nitrogen and oxygen atoms in total. The Balaban J connectivity index is 2.08. The lowest BCUT2D eigenvalue weighted by atomic mass is 10.1. The zero-order valence-electron chi connectivity index (χ0n) is 8.30. The summed E-state index contributed by atoms with van der Waals surface area (Å²) < 4.78 is 2.13. The number of rotatable bonds is 1. The van der Waals surface area contributed by atoms with E-state index in [0.717, 1.165) is 24.2 Å². The van der Waals surface area contributed by atoms with Crippen LogP contribution in [-0.4, -0.2) is 20.6 Å². The van der Waals surface area contributed by atoms with Crippen molar-refractivity contribution in [2.75, 3.05) is 0 Å². The summed E-state index contributed by atoms with van der Waals surface area (Å²) in [5, 5.41) is 0. The molecule has 2 N–H and O–H groups in total. The minimum atomic E-state index is 0.235. The highest BCUT2D eigenvalue weighted by molar-refractivity contribution is 5.61. The van der Waals surface area contributed by atoms with Gasteiger partial charge in [-0.3, -0.25) is 4.98 Å². The molecule has 0 spiro atoms. The predicted molar refractivity (Wildman–Crippen MR) is 57.1 cm³/mol. The summed E-state index contributed by atoms with van der Waals surface area (Å²) in [7, 11) is 0. The summed E-state index contributed by atoms with van der Waals surface area (Å²) in [6, 6.07) is 4.19. The minimum absolute atomic E-state index is 0.235. The molecule has 0 saturated heterocycles. The fourth-order valence-corrected chi connectivity index (χ4v) is 2.09. The Morgan fingerprint density at radius 2 is 2.40 bits per heavy atom. The fourth-order valence-electron chi connectivity index (χ4n) is 2.09. The van der Waals surface area contributed by atoms with Crippen LogP contribution in [0.5, 0.6) is 0 Å². The van der Waals surface area contributed by atoms with Crippen molar-refractivity contribution in [3.8, 4) is 11.3 Å². The topological polar surface area (TPSA) is 56.7 Å². The largest absolute Gasteiger partial charge is 0.332 e. The monoisotopic (exact) mass is 200 g/mol. The Hall–Kier alpha value is -1.68. The lowest BCUT2D eigenvalue weighted by molar-refractivity contribution is 0.636. The number of aromatic nitrogens is 3. The van der Waals surface area contributed by atoms with Gasteiger partial charge in [0.1, 0.15) is 0 Å². The quantitative estimate of drug-likeness (QED) is 0.741. The number of hydrogen-bond donors (Lipinski definition) is 1. The summed E-state index contributed by atoms with van der Waals surface area (Å²) in [4.78, 5) is 8.51. The van der Waals surface area contributed by atoms with E-state index in [-0.39, 0.29) is 6.04 Å². The summed E-state index contributed by atoms with van der Waals surface area (Å²) >= 11 is 0. The van der Waals surface area contributed by atoms with Gasteiger partial charge in [0.2, 0.25) is 0 Å². The highest BCUT2D eigenvalue weighted by atomic mass is 15.1. The first-order valence-corrected chi connectivity index (χ1v) is 5.04. The van der Waals surface area contributed by atoms with E-state index >= 15 is 0 Å². The van der Waals surface area contributed by atoms with Crippen LogP contribution in [0.3, 0.4) is 0 Å². The summed E-state index contributed by atoms with van der Waals surface area (Å²) in [5.41, 5.74) is 9.24. The first-order valence-electron chi connectivity index (χ1n) is 5.04. The van der Waals surface area contributed by atoms with Crippen LogP contribution < -0.4 is 5.73 Å². The Morgan fingerprint density at radius 1 is 1.47 bits per heavy atom. The van der Waals surface area contributed by atoms with Crippen LogP contribution in [0.15, 0.2) is 30.9 Å². The van der Waals surface area contributed by atoms with E-state index in [1.807, 2.05) is 24.7 Å². The zero-order valence-corrected chi connectivity index (χ0v) is 8.30.